The summed E-state index contributed by atoms with van der Waals surface area (Å²) in [5, 5.41) is 1.82. The average molecular weight is 363 g/mol. The summed E-state index contributed by atoms with van der Waals surface area (Å²) in [4.78, 5) is 20.9. The molecule has 0 radical (unpaired) electrons. The highest BCUT2D eigenvalue weighted by Gasteiger charge is 2.13. The minimum Gasteiger partial charge on any atom is -0.490 e. The van der Waals surface area contributed by atoms with E-state index in [2.05, 4.69) is 9.98 Å². The van der Waals surface area contributed by atoms with Crippen LogP contribution in [0.1, 0.15) is 29.9 Å². The number of fused-ring (bicyclic) bond motifs is 1. The van der Waals surface area contributed by atoms with Crippen LogP contribution in [0.2, 0.25) is 0 Å². The monoisotopic (exact) mass is 363 g/mol. The summed E-state index contributed by atoms with van der Waals surface area (Å²) >= 11 is 0. The number of nitrogens with two attached hydrogens (primary N) is 1. The predicted molar refractivity (Wildman–Crippen MR) is 106 cm³/mol. The summed E-state index contributed by atoms with van der Waals surface area (Å²) in [5.74, 6) is 0.695. The van der Waals surface area contributed by atoms with Crippen LogP contribution in [0.15, 0.2) is 59.7 Å². The standard InChI is InChI=1S/C21H21N3O3/c1-3-26-17-10-9-15(13-18(17)27-4-2)21(25)24-20(22)19-16-8-6-5-7-14(16)11-12-23-19/h5-13H,3-4H2,1-2H3,(H2,22,24,25). The number of aliphatic imine (C=N–C) groups is 1. The Bertz CT molecular complexity index is 994. The van der Waals surface area contributed by atoms with Gasteiger partial charge in [-0.1, -0.05) is 24.3 Å². The topological polar surface area (TPSA) is 86.8 Å². The molecular formula is C21H21N3O3. The molecule has 1 heterocycles. The van der Waals surface area contributed by atoms with E-state index in [0.29, 0.717) is 36.0 Å². The maximum Gasteiger partial charge on any atom is 0.279 e. The molecule has 1 aromatic heterocycles. The van der Waals surface area contributed by atoms with Gasteiger partial charge in [-0.3, -0.25) is 9.78 Å². The Kier molecular flexibility index (Phi) is 5.66. The van der Waals surface area contributed by atoms with Gasteiger partial charge in [-0.15, -0.1) is 0 Å². The molecule has 0 spiro atoms. The lowest BCUT2D eigenvalue weighted by molar-refractivity contribution is 0.100. The molecule has 3 rings (SSSR count). The number of rotatable bonds is 6. The van der Waals surface area contributed by atoms with Gasteiger partial charge in [0.05, 0.1) is 13.2 Å². The molecule has 2 aromatic carbocycles. The van der Waals surface area contributed by atoms with Gasteiger partial charge in [0.2, 0.25) is 0 Å². The largest absolute Gasteiger partial charge is 0.490 e. The molecule has 0 fully saturated rings. The van der Waals surface area contributed by atoms with Crippen molar-refractivity contribution >= 4 is 22.5 Å². The highest BCUT2D eigenvalue weighted by molar-refractivity contribution is 6.13. The minimum atomic E-state index is -0.466. The lowest BCUT2D eigenvalue weighted by atomic mass is 10.1. The number of hydrogen-bond acceptors (Lipinski definition) is 4. The first-order valence-electron chi connectivity index (χ1n) is 8.76. The van der Waals surface area contributed by atoms with Crippen LogP contribution in [0, 0.1) is 0 Å². The maximum absolute atomic E-state index is 12.6. The van der Waals surface area contributed by atoms with Gasteiger partial charge in [0.15, 0.2) is 17.3 Å². The second-order valence-electron chi connectivity index (χ2n) is 5.71. The third-order valence-corrected chi connectivity index (χ3v) is 3.93. The van der Waals surface area contributed by atoms with E-state index < -0.39 is 5.91 Å². The van der Waals surface area contributed by atoms with E-state index in [4.69, 9.17) is 15.2 Å². The summed E-state index contributed by atoms with van der Waals surface area (Å²) in [6.07, 6.45) is 1.65. The van der Waals surface area contributed by atoms with Gasteiger partial charge in [-0.25, -0.2) is 0 Å². The van der Waals surface area contributed by atoms with E-state index in [1.807, 2.05) is 44.2 Å². The lowest BCUT2D eigenvalue weighted by Crippen LogP contribution is -2.18. The van der Waals surface area contributed by atoms with Crippen LogP contribution in [0.3, 0.4) is 0 Å². The van der Waals surface area contributed by atoms with E-state index in [1.54, 1.807) is 24.4 Å². The van der Waals surface area contributed by atoms with Crippen LogP contribution >= 0.6 is 0 Å². The van der Waals surface area contributed by atoms with Crippen molar-refractivity contribution in [2.24, 2.45) is 10.7 Å². The number of carbonyl (C=O) groups is 1. The molecule has 138 valence electrons. The number of carbonyl (C=O) groups excluding carboxylic acids is 1. The Morgan fingerprint density at radius 2 is 1.78 bits per heavy atom. The molecule has 3 aromatic rings. The van der Waals surface area contributed by atoms with Gasteiger partial charge < -0.3 is 15.2 Å². The molecule has 0 saturated heterocycles. The van der Waals surface area contributed by atoms with E-state index in [0.717, 1.165) is 10.8 Å². The van der Waals surface area contributed by atoms with E-state index in [-0.39, 0.29) is 5.84 Å². The van der Waals surface area contributed by atoms with Crippen molar-refractivity contribution in [1.29, 1.82) is 0 Å². The first kappa shape index (κ1) is 18.4. The van der Waals surface area contributed by atoms with Gasteiger partial charge in [-0.2, -0.15) is 4.99 Å². The molecule has 0 saturated carbocycles. The second kappa shape index (κ2) is 8.31. The van der Waals surface area contributed by atoms with Gasteiger partial charge in [-0.05, 0) is 43.5 Å². The number of amidine groups is 1. The third-order valence-electron chi connectivity index (χ3n) is 3.93. The maximum atomic E-state index is 12.6. The van der Waals surface area contributed by atoms with Crippen molar-refractivity contribution in [2.45, 2.75) is 13.8 Å². The number of nitrogens with zero attached hydrogens (tertiary/aromatic N) is 2. The number of ether oxygens (including phenoxy) is 2. The first-order valence-corrected chi connectivity index (χ1v) is 8.76. The van der Waals surface area contributed by atoms with Crippen molar-refractivity contribution in [3.8, 4) is 11.5 Å². The van der Waals surface area contributed by atoms with Gasteiger partial charge in [0.1, 0.15) is 5.69 Å². The Morgan fingerprint density at radius 1 is 1.04 bits per heavy atom. The number of hydrogen-bond donors (Lipinski definition) is 1. The van der Waals surface area contributed by atoms with E-state index >= 15 is 0 Å². The number of benzene rings is 2. The summed E-state index contributed by atoms with van der Waals surface area (Å²) in [7, 11) is 0. The van der Waals surface area contributed by atoms with Crippen molar-refractivity contribution < 1.29 is 14.3 Å². The van der Waals surface area contributed by atoms with Crippen molar-refractivity contribution in [2.75, 3.05) is 13.2 Å². The normalized spacial score (nSPS) is 11.4. The molecule has 27 heavy (non-hydrogen) atoms. The first-order chi connectivity index (χ1) is 13.1. The van der Waals surface area contributed by atoms with Gasteiger partial charge in [0, 0.05) is 17.1 Å². The quantitative estimate of drug-likeness (QED) is 0.534. The van der Waals surface area contributed by atoms with Gasteiger partial charge in [0.25, 0.3) is 5.91 Å². The SMILES string of the molecule is CCOc1ccc(C(=O)N=C(N)c2nccc3ccccc23)cc1OCC. The zero-order chi connectivity index (χ0) is 19.2. The Morgan fingerprint density at radius 3 is 2.56 bits per heavy atom. The Balaban J connectivity index is 1.94. The number of amides is 1. The van der Waals surface area contributed by atoms with E-state index in [1.165, 1.54) is 0 Å². The lowest BCUT2D eigenvalue weighted by Gasteiger charge is -2.11. The average Bonchev–Trinajstić information content (AvgIpc) is 2.69. The molecular weight excluding hydrogens is 342 g/mol. The van der Waals surface area contributed by atoms with Crippen LogP contribution in [0.4, 0.5) is 0 Å². The van der Waals surface area contributed by atoms with Crippen molar-refractivity contribution in [3.63, 3.8) is 0 Å². The molecule has 6 nitrogen and oxygen atoms in total. The summed E-state index contributed by atoms with van der Waals surface area (Å²) in [5.41, 5.74) is 6.93. The summed E-state index contributed by atoms with van der Waals surface area (Å²) < 4.78 is 11.1. The smallest absolute Gasteiger partial charge is 0.279 e. The van der Waals surface area contributed by atoms with Crippen LogP contribution in [-0.4, -0.2) is 29.9 Å². The van der Waals surface area contributed by atoms with Crippen LogP contribution < -0.4 is 15.2 Å². The molecule has 6 heteroatoms. The summed E-state index contributed by atoms with van der Waals surface area (Å²) in [6, 6.07) is 14.5. The second-order valence-corrected chi connectivity index (χ2v) is 5.71. The molecule has 0 aliphatic rings. The van der Waals surface area contributed by atoms with Crippen LogP contribution in [0.5, 0.6) is 11.5 Å². The molecule has 1 amide bonds. The number of aromatic nitrogens is 1. The fraction of sp³-hybridized carbons (Fsp3) is 0.190. The zero-order valence-corrected chi connectivity index (χ0v) is 15.3. The summed E-state index contributed by atoms with van der Waals surface area (Å²) in [6.45, 7) is 4.72. The zero-order valence-electron chi connectivity index (χ0n) is 15.3. The van der Waals surface area contributed by atoms with Crippen molar-refractivity contribution in [3.05, 3.63) is 66.0 Å². The fourth-order valence-corrected chi connectivity index (χ4v) is 2.73. The molecule has 0 unspecified atom stereocenters. The highest BCUT2D eigenvalue weighted by atomic mass is 16.5. The predicted octanol–water partition coefficient (Wildman–Crippen LogP) is 3.58. The number of pyridine rings is 1. The molecule has 2 N–H and O–H groups in total. The van der Waals surface area contributed by atoms with Crippen LogP contribution in [0.25, 0.3) is 10.8 Å². The molecule has 0 aliphatic carbocycles. The highest BCUT2D eigenvalue weighted by Crippen LogP contribution is 2.29. The molecule has 0 atom stereocenters. The van der Waals surface area contributed by atoms with E-state index in [9.17, 15) is 4.79 Å². The van der Waals surface area contributed by atoms with Crippen molar-refractivity contribution in [1.82, 2.24) is 4.98 Å². The fourth-order valence-electron chi connectivity index (χ4n) is 2.73. The molecule has 0 aliphatic heterocycles. The third kappa shape index (κ3) is 4.06. The Hall–Kier alpha value is -3.41. The van der Waals surface area contributed by atoms with Crippen LogP contribution in [-0.2, 0) is 0 Å². The molecule has 0 bridgehead atoms. The minimum absolute atomic E-state index is 0.0728. The van der Waals surface area contributed by atoms with Gasteiger partial charge >= 0.3 is 0 Å². The Labute approximate surface area is 157 Å².